The fourth-order valence-corrected chi connectivity index (χ4v) is 2.39. The van der Waals surface area contributed by atoms with Crippen molar-refractivity contribution in [1.82, 2.24) is 5.32 Å². The number of thioether (sulfide) groups is 1. The Morgan fingerprint density at radius 3 is 3.07 bits per heavy atom. The summed E-state index contributed by atoms with van der Waals surface area (Å²) in [6, 6.07) is 8.14. The molecular formula is C11H15NOS. The fourth-order valence-electron chi connectivity index (χ4n) is 1.47. The summed E-state index contributed by atoms with van der Waals surface area (Å²) in [7, 11) is 0. The lowest BCUT2D eigenvalue weighted by Gasteiger charge is -2.12. The zero-order valence-corrected chi connectivity index (χ0v) is 9.14. The van der Waals surface area contributed by atoms with Crippen LogP contribution in [0.3, 0.4) is 0 Å². The van der Waals surface area contributed by atoms with Gasteiger partial charge in [0.05, 0.1) is 5.37 Å². The molecule has 2 nitrogen and oxygen atoms in total. The molecule has 1 unspecified atom stereocenters. The molecule has 0 amide bonds. The normalized spacial score (nSPS) is 21.1. The molecule has 0 saturated carbocycles. The number of hydrogen-bond acceptors (Lipinski definition) is 3. The first kappa shape index (κ1) is 9.87. The lowest BCUT2D eigenvalue weighted by molar-refractivity contribution is 0.305. The lowest BCUT2D eigenvalue weighted by Crippen LogP contribution is -2.26. The van der Waals surface area contributed by atoms with Gasteiger partial charge in [-0.2, -0.15) is 0 Å². The topological polar surface area (TPSA) is 21.3 Å². The van der Waals surface area contributed by atoms with E-state index < -0.39 is 0 Å². The molecular weight excluding hydrogens is 194 g/mol. The molecule has 1 aliphatic rings. The van der Waals surface area contributed by atoms with Gasteiger partial charge in [-0.1, -0.05) is 18.2 Å². The predicted molar refractivity (Wildman–Crippen MR) is 60.9 cm³/mol. The molecule has 0 bridgehead atoms. The van der Waals surface area contributed by atoms with E-state index in [1.54, 1.807) is 0 Å². The molecule has 1 aromatic rings. The molecule has 1 aromatic carbocycles. The Balaban J connectivity index is 1.88. The van der Waals surface area contributed by atoms with E-state index in [0.29, 0.717) is 5.37 Å². The SMILES string of the molecule is Cc1ccccc1OCC1NCCS1. The second-order valence-electron chi connectivity index (χ2n) is 3.39. The number of rotatable bonds is 3. The molecule has 1 saturated heterocycles. The highest BCUT2D eigenvalue weighted by Gasteiger charge is 2.14. The van der Waals surface area contributed by atoms with Crippen LogP contribution in [0, 0.1) is 6.92 Å². The smallest absolute Gasteiger partial charge is 0.122 e. The Morgan fingerprint density at radius 2 is 2.36 bits per heavy atom. The summed E-state index contributed by atoms with van der Waals surface area (Å²) in [5.41, 5.74) is 1.20. The fraction of sp³-hybridized carbons (Fsp3) is 0.455. The number of hydrogen-bond donors (Lipinski definition) is 1. The van der Waals surface area contributed by atoms with Gasteiger partial charge in [0, 0.05) is 12.3 Å². The van der Waals surface area contributed by atoms with Crippen molar-refractivity contribution in [3.05, 3.63) is 29.8 Å². The first-order valence-electron chi connectivity index (χ1n) is 4.90. The number of ether oxygens (including phenoxy) is 1. The van der Waals surface area contributed by atoms with E-state index in [9.17, 15) is 0 Å². The second kappa shape index (κ2) is 4.71. The first-order chi connectivity index (χ1) is 6.86. The van der Waals surface area contributed by atoms with Crippen molar-refractivity contribution in [3.8, 4) is 5.75 Å². The third-order valence-corrected chi connectivity index (χ3v) is 3.42. The predicted octanol–water partition coefficient (Wildman–Crippen LogP) is 2.04. The summed E-state index contributed by atoms with van der Waals surface area (Å²) in [5.74, 6) is 2.20. The minimum absolute atomic E-state index is 0.467. The molecule has 14 heavy (non-hydrogen) atoms. The zero-order valence-electron chi connectivity index (χ0n) is 8.32. The van der Waals surface area contributed by atoms with Crippen LogP contribution in [0.4, 0.5) is 0 Å². The minimum atomic E-state index is 0.467. The molecule has 2 rings (SSSR count). The van der Waals surface area contributed by atoms with E-state index in [0.717, 1.165) is 18.9 Å². The van der Waals surface area contributed by atoms with Crippen LogP contribution in [0.15, 0.2) is 24.3 Å². The van der Waals surface area contributed by atoms with E-state index in [1.807, 2.05) is 30.0 Å². The van der Waals surface area contributed by atoms with Crippen LogP contribution >= 0.6 is 11.8 Å². The molecule has 76 valence electrons. The molecule has 0 spiro atoms. The van der Waals surface area contributed by atoms with E-state index in [4.69, 9.17) is 4.74 Å². The molecule has 1 aliphatic heterocycles. The number of benzene rings is 1. The largest absolute Gasteiger partial charge is 0.491 e. The van der Waals surface area contributed by atoms with Crippen LogP contribution in [0.2, 0.25) is 0 Å². The number of nitrogens with one attached hydrogen (secondary N) is 1. The van der Waals surface area contributed by atoms with E-state index in [-0.39, 0.29) is 0 Å². The third kappa shape index (κ3) is 2.42. The van der Waals surface area contributed by atoms with E-state index in [2.05, 4.69) is 18.3 Å². The molecule has 1 atom stereocenters. The van der Waals surface area contributed by atoms with Gasteiger partial charge in [0.15, 0.2) is 0 Å². The highest BCUT2D eigenvalue weighted by molar-refractivity contribution is 8.00. The highest BCUT2D eigenvalue weighted by atomic mass is 32.2. The number of para-hydroxylation sites is 1. The van der Waals surface area contributed by atoms with Crippen LogP contribution in [0.5, 0.6) is 5.75 Å². The Kier molecular flexibility index (Phi) is 3.32. The maximum absolute atomic E-state index is 5.74. The molecule has 3 heteroatoms. The summed E-state index contributed by atoms with van der Waals surface area (Å²) in [5, 5.41) is 3.85. The third-order valence-electron chi connectivity index (χ3n) is 2.28. The summed E-state index contributed by atoms with van der Waals surface area (Å²) < 4.78 is 5.74. The minimum Gasteiger partial charge on any atom is -0.491 e. The van der Waals surface area contributed by atoms with Gasteiger partial charge < -0.3 is 10.1 Å². The maximum atomic E-state index is 5.74. The molecule has 1 N–H and O–H groups in total. The van der Waals surface area contributed by atoms with Crippen molar-refractivity contribution in [2.45, 2.75) is 12.3 Å². The van der Waals surface area contributed by atoms with Crippen molar-refractivity contribution in [1.29, 1.82) is 0 Å². The van der Waals surface area contributed by atoms with E-state index >= 15 is 0 Å². The molecule has 1 heterocycles. The van der Waals surface area contributed by atoms with Crippen LogP contribution in [0.1, 0.15) is 5.56 Å². The average molecular weight is 209 g/mol. The van der Waals surface area contributed by atoms with Crippen molar-refractivity contribution in [2.24, 2.45) is 0 Å². The van der Waals surface area contributed by atoms with Gasteiger partial charge in [-0.15, -0.1) is 11.8 Å². The Morgan fingerprint density at radius 1 is 1.50 bits per heavy atom. The molecule has 0 aromatic heterocycles. The summed E-state index contributed by atoms with van der Waals surface area (Å²) >= 11 is 1.93. The molecule has 0 aliphatic carbocycles. The van der Waals surface area contributed by atoms with Crippen LogP contribution in [0.25, 0.3) is 0 Å². The zero-order chi connectivity index (χ0) is 9.80. The Bertz CT molecular complexity index is 297. The van der Waals surface area contributed by atoms with Crippen molar-refractivity contribution in [3.63, 3.8) is 0 Å². The Labute approximate surface area is 89.0 Å². The quantitative estimate of drug-likeness (QED) is 0.823. The van der Waals surface area contributed by atoms with Crippen molar-refractivity contribution < 1.29 is 4.74 Å². The standard InChI is InChI=1S/C11H15NOS/c1-9-4-2-3-5-10(9)13-8-11-12-6-7-14-11/h2-5,11-12H,6-8H2,1H3. The van der Waals surface area contributed by atoms with Gasteiger partial charge >= 0.3 is 0 Å². The lowest BCUT2D eigenvalue weighted by atomic mass is 10.2. The molecule has 0 radical (unpaired) electrons. The van der Waals surface area contributed by atoms with Crippen molar-refractivity contribution in [2.75, 3.05) is 18.9 Å². The van der Waals surface area contributed by atoms with Gasteiger partial charge in [0.2, 0.25) is 0 Å². The molecule has 1 fully saturated rings. The monoisotopic (exact) mass is 209 g/mol. The van der Waals surface area contributed by atoms with Crippen LogP contribution < -0.4 is 10.1 Å². The first-order valence-corrected chi connectivity index (χ1v) is 5.94. The maximum Gasteiger partial charge on any atom is 0.122 e. The van der Waals surface area contributed by atoms with Gasteiger partial charge in [-0.3, -0.25) is 0 Å². The number of aryl methyl sites for hydroxylation is 1. The second-order valence-corrected chi connectivity index (χ2v) is 4.70. The highest BCUT2D eigenvalue weighted by Crippen LogP contribution is 2.19. The van der Waals surface area contributed by atoms with Crippen LogP contribution in [-0.4, -0.2) is 24.3 Å². The Hall–Kier alpha value is -0.670. The van der Waals surface area contributed by atoms with E-state index in [1.165, 1.54) is 11.3 Å². The van der Waals surface area contributed by atoms with Gasteiger partial charge in [-0.25, -0.2) is 0 Å². The van der Waals surface area contributed by atoms with Gasteiger partial charge in [-0.05, 0) is 18.6 Å². The summed E-state index contributed by atoms with van der Waals surface area (Å²) in [6.07, 6.45) is 0. The van der Waals surface area contributed by atoms with Crippen molar-refractivity contribution >= 4 is 11.8 Å². The summed E-state index contributed by atoms with van der Waals surface area (Å²) in [6.45, 7) is 3.94. The van der Waals surface area contributed by atoms with Crippen LogP contribution in [-0.2, 0) is 0 Å². The summed E-state index contributed by atoms with van der Waals surface area (Å²) in [4.78, 5) is 0. The van der Waals surface area contributed by atoms with Gasteiger partial charge in [0.25, 0.3) is 0 Å². The average Bonchev–Trinajstić information content (AvgIpc) is 2.69. The van der Waals surface area contributed by atoms with Gasteiger partial charge in [0.1, 0.15) is 12.4 Å².